The Morgan fingerprint density at radius 1 is 1.41 bits per heavy atom. The lowest BCUT2D eigenvalue weighted by Crippen LogP contribution is -2.19. The lowest BCUT2D eigenvalue weighted by Gasteiger charge is -2.20. The van der Waals surface area contributed by atoms with Gasteiger partial charge in [0, 0.05) is 5.38 Å². The van der Waals surface area contributed by atoms with E-state index in [-0.39, 0.29) is 12.2 Å². The topological polar surface area (TPSA) is 63.6 Å². The van der Waals surface area contributed by atoms with E-state index >= 15 is 0 Å². The van der Waals surface area contributed by atoms with Gasteiger partial charge in [0.15, 0.2) is 0 Å². The Kier molecular flexibility index (Phi) is 3.93. The lowest BCUT2D eigenvalue weighted by atomic mass is 9.84. The summed E-state index contributed by atoms with van der Waals surface area (Å²) in [6.07, 6.45) is 0. The summed E-state index contributed by atoms with van der Waals surface area (Å²) >= 11 is 1.12. The molecule has 0 spiro atoms. The molecule has 0 atom stereocenters. The van der Waals surface area contributed by atoms with Gasteiger partial charge in [0.25, 0.3) is 0 Å². The van der Waals surface area contributed by atoms with E-state index in [1.165, 1.54) is 5.38 Å². The van der Waals surface area contributed by atoms with Crippen molar-refractivity contribution in [3.63, 3.8) is 0 Å². The molecule has 0 saturated carbocycles. The molecule has 94 valence electrons. The molecular formula is C12H16O4S. The van der Waals surface area contributed by atoms with Crippen LogP contribution in [0.15, 0.2) is 5.38 Å². The summed E-state index contributed by atoms with van der Waals surface area (Å²) in [6.45, 7) is 7.64. The minimum Gasteiger partial charge on any atom is -0.478 e. The van der Waals surface area contributed by atoms with Crippen molar-refractivity contribution in [1.82, 2.24) is 0 Å². The van der Waals surface area contributed by atoms with Crippen LogP contribution in [0.25, 0.3) is 0 Å². The zero-order valence-electron chi connectivity index (χ0n) is 10.4. The van der Waals surface area contributed by atoms with Gasteiger partial charge in [0.05, 0.1) is 12.2 Å². The van der Waals surface area contributed by atoms with E-state index in [0.717, 1.165) is 11.3 Å². The van der Waals surface area contributed by atoms with E-state index in [1.807, 2.05) is 20.8 Å². The minimum absolute atomic E-state index is 0.186. The number of rotatable bonds is 3. The van der Waals surface area contributed by atoms with Crippen LogP contribution in [0.2, 0.25) is 0 Å². The van der Waals surface area contributed by atoms with E-state index in [4.69, 9.17) is 9.84 Å². The molecule has 1 heterocycles. The molecule has 0 bridgehead atoms. The van der Waals surface area contributed by atoms with Crippen molar-refractivity contribution >= 4 is 23.3 Å². The van der Waals surface area contributed by atoms with Crippen molar-refractivity contribution in [3.05, 3.63) is 21.4 Å². The monoisotopic (exact) mass is 256 g/mol. The molecule has 0 radical (unpaired) electrons. The molecule has 1 aromatic rings. The van der Waals surface area contributed by atoms with E-state index in [2.05, 4.69) is 0 Å². The van der Waals surface area contributed by atoms with Gasteiger partial charge in [-0.05, 0) is 17.9 Å². The minimum atomic E-state index is -1.01. The zero-order valence-corrected chi connectivity index (χ0v) is 11.2. The largest absolute Gasteiger partial charge is 0.478 e. The Bertz CT molecular complexity index is 440. The van der Waals surface area contributed by atoms with Crippen LogP contribution in [0.4, 0.5) is 0 Å². The highest BCUT2D eigenvalue weighted by Gasteiger charge is 2.30. The number of hydrogen-bond acceptors (Lipinski definition) is 4. The van der Waals surface area contributed by atoms with Gasteiger partial charge >= 0.3 is 11.9 Å². The number of carboxylic acids is 1. The lowest BCUT2D eigenvalue weighted by molar-refractivity contribution is 0.0529. The highest BCUT2D eigenvalue weighted by atomic mass is 32.1. The number of carbonyl (C=O) groups excluding carboxylic acids is 1. The molecular weight excluding hydrogens is 240 g/mol. The fraction of sp³-hybridized carbons (Fsp3) is 0.500. The third-order valence-corrected chi connectivity index (χ3v) is 3.19. The first kappa shape index (κ1) is 13.7. The second-order valence-corrected chi connectivity index (χ2v) is 5.51. The highest BCUT2D eigenvalue weighted by Crippen LogP contribution is 2.34. The summed E-state index contributed by atoms with van der Waals surface area (Å²) < 4.78 is 4.94. The molecule has 4 nitrogen and oxygen atoms in total. The maximum atomic E-state index is 11.7. The van der Waals surface area contributed by atoms with E-state index < -0.39 is 17.4 Å². The Morgan fingerprint density at radius 3 is 2.41 bits per heavy atom. The number of hydrogen-bond donors (Lipinski definition) is 1. The van der Waals surface area contributed by atoms with Crippen LogP contribution in [0.3, 0.4) is 0 Å². The van der Waals surface area contributed by atoms with Crippen LogP contribution in [-0.2, 0) is 10.2 Å². The molecule has 0 aromatic carbocycles. The number of carboxylic acid groups (broad SMARTS) is 1. The molecule has 17 heavy (non-hydrogen) atoms. The molecule has 0 saturated heterocycles. The molecule has 1 N–H and O–H groups in total. The van der Waals surface area contributed by atoms with E-state index in [1.54, 1.807) is 6.92 Å². The Morgan fingerprint density at radius 2 is 2.00 bits per heavy atom. The highest BCUT2D eigenvalue weighted by molar-refractivity contribution is 7.12. The summed E-state index contributed by atoms with van der Waals surface area (Å²) in [7, 11) is 0. The molecule has 5 heteroatoms. The SMILES string of the molecule is CCOC(=O)c1scc(C(=O)O)c1C(C)(C)C. The van der Waals surface area contributed by atoms with Gasteiger partial charge in [-0.3, -0.25) is 0 Å². The second kappa shape index (κ2) is 4.87. The molecule has 0 fully saturated rings. The number of carbonyl (C=O) groups is 2. The maximum Gasteiger partial charge on any atom is 0.348 e. The van der Waals surface area contributed by atoms with Gasteiger partial charge in [0.1, 0.15) is 4.88 Å². The van der Waals surface area contributed by atoms with Crippen LogP contribution in [0.5, 0.6) is 0 Å². The second-order valence-electron chi connectivity index (χ2n) is 4.63. The van der Waals surface area contributed by atoms with Crippen molar-refractivity contribution in [2.75, 3.05) is 6.61 Å². The Balaban J connectivity index is 3.33. The fourth-order valence-electron chi connectivity index (χ4n) is 1.61. The number of ether oxygens (including phenoxy) is 1. The smallest absolute Gasteiger partial charge is 0.348 e. The molecule has 0 aliphatic heterocycles. The van der Waals surface area contributed by atoms with Crippen molar-refractivity contribution in [1.29, 1.82) is 0 Å². The first-order valence-electron chi connectivity index (χ1n) is 5.31. The number of esters is 1. The van der Waals surface area contributed by atoms with Crippen molar-refractivity contribution in [2.24, 2.45) is 0 Å². The molecule has 0 unspecified atom stereocenters. The van der Waals surface area contributed by atoms with Crippen molar-refractivity contribution in [2.45, 2.75) is 33.1 Å². The van der Waals surface area contributed by atoms with Gasteiger partial charge in [-0.2, -0.15) is 0 Å². The normalized spacial score (nSPS) is 11.3. The zero-order chi connectivity index (χ0) is 13.2. The van der Waals surface area contributed by atoms with Crippen LogP contribution in [-0.4, -0.2) is 23.7 Å². The standard InChI is InChI=1S/C12H16O4S/c1-5-16-11(15)9-8(12(2,3)4)7(6-17-9)10(13)14/h6H,5H2,1-4H3,(H,13,14). The third-order valence-electron chi connectivity index (χ3n) is 2.23. The summed E-state index contributed by atoms with van der Waals surface area (Å²) in [5, 5.41) is 10.6. The van der Waals surface area contributed by atoms with E-state index in [0.29, 0.717) is 10.4 Å². The molecule has 1 rings (SSSR count). The average molecular weight is 256 g/mol. The summed E-state index contributed by atoms with van der Waals surface area (Å²) in [5.41, 5.74) is 0.328. The Labute approximate surface area is 104 Å². The maximum absolute atomic E-state index is 11.7. The molecule has 0 aliphatic carbocycles. The van der Waals surface area contributed by atoms with Gasteiger partial charge in [-0.15, -0.1) is 11.3 Å². The van der Waals surface area contributed by atoms with E-state index in [9.17, 15) is 9.59 Å². The third kappa shape index (κ3) is 2.85. The quantitative estimate of drug-likeness (QED) is 0.844. The number of aromatic carboxylic acids is 1. The molecule has 0 amide bonds. The summed E-state index contributed by atoms with van der Waals surface area (Å²) in [6, 6.07) is 0. The van der Waals surface area contributed by atoms with Crippen LogP contribution >= 0.6 is 11.3 Å². The van der Waals surface area contributed by atoms with Gasteiger partial charge in [-0.1, -0.05) is 20.8 Å². The van der Waals surface area contributed by atoms with Crippen LogP contribution in [0, 0.1) is 0 Å². The Hall–Kier alpha value is -1.36. The first-order chi connectivity index (χ1) is 7.79. The molecule has 0 aliphatic rings. The first-order valence-corrected chi connectivity index (χ1v) is 6.19. The fourth-order valence-corrected chi connectivity index (χ4v) is 2.75. The van der Waals surface area contributed by atoms with Crippen LogP contribution < -0.4 is 0 Å². The van der Waals surface area contributed by atoms with Crippen molar-refractivity contribution < 1.29 is 19.4 Å². The predicted octanol–water partition coefficient (Wildman–Crippen LogP) is 2.92. The number of thiophene rings is 1. The van der Waals surface area contributed by atoms with Gasteiger partial charge < -0.3 is 9.84 Å². The average Bonchev–Trinajstić information content (AvgIpc) is 2.61. The van der Waals surface area contributed by atoms with Gasteiger partial charge in [-0.25, -0.2) is 9.59 Å². The van der Waals surface area contributed by atoms with Gasteiger partial charge in [0.2, 0.25) is 0 Å². The van der Waals surface area contributed by atoms with Crippen LogP contribution in [0.1, 0.15) is 53.3 Å². The summed E-state index contributed by atoms with van der Waals surface area (Å²) in [5.74, 6) is -1.46. The molecule has 1 aromatic heterocycles. The predicted molar refractivity (Wildman–Crippen MR) is 65.9 cm³/mol. The summed E-state index contributed by atoms with van der Waals surface area (Å²) in [4.78, 5) is 23.2. The van der Waals surface area contributed by atoms with Crippen molar-refractivity contribution in [3.8, 4) is 0 Å².